The number of fused-ring (bicyclic) bond motifs is 8. The number of hydrogen-bond acceptors (Lipinski definition) is 13. The molecule has 6 aliphatic rings. The lowest BCUT2D eigenvalue weighted by Crippen LogP contribution is -2.64. The molecule has 73 heavy (non-hydrogen) atoms. The van der Waals surface area contributed by atoms with Gasteiger partial charge in [0.25, 0.3) is 6.29 Å². The molecule has 1 saturated heterocycles. The van der Waals surface area contributed by atoms with Crippen LogP contribution in [0.2, 0.25) is 0 Å². The van der Waals surface area contributed by atoms with Crippen molar-refractivity contribution < 1.29 is 62.8 Å². The number of nitrogens with one attached hydrogen (secondary N) is 3. The smallest absolute Gasteiger partial charge is 0.407 e. The van der Waals surface area contributed by atoms with Gasteiger partial charge in [0.2, 0.25) is 23.5 Å². The molecule has 8 rings (SSSR count). The summed E-state index contributed by atoms with van der Waals surface area (Å²) in [7, 11) is 0. The van der Waals surface area contributed by atoms with Gasteiger partial charge in [-0.05, 0) is 110 Å². The fraction of sp³-hybridized carbons (Fsp3) is 0.571. The summed E-state index contributed by atoms with van der Waals surface area (Å²) in [6.45, 7) is 13.8. The van der Waals surface area contributed by atoms with E-state index in [1.807, 2.05) is 68.5 Å². The number of carbonyl (C=O) groups is 8. The molecule has 2 aromatic rings. The fourth-order valence-corrected chi connectivity index (χ4v) is 13.6. The number of allylic oxidation sites excluding steroid dienone is 4. The van der Waals surface area contributed by atoms with Gasteiger partial charge < -0.3 is 45.3 Å². The highest BCUT2D eigenvalue weighted by Gasteiger charge is 2.72. The van der Waals surface area contributed by atoms with E-state index in [-0.39, 0.29) is 74.2 Å². The number of carbonyl (C=O) groups excluding carboxylic acids is 8. The molecule has 3 saturated carbocycles. The number of Topliss-reactive ketones (excluding diaryl/α,β-unsaturated/α-hetero) is 1. The van der Waals surface area contributed by atoms with Gasteiger partial charge in [0.15, 0.2) is 11.4 Å². The summed E-state index contributed by atoms with van der Waals surface area (Å²) < 4.78 is 17.2. The van der Waals surface area contributed by atoms with Crippen LogP contribution < -0.4 is 16.0 Å². The maximum atomic E-state index is 14.8. The lowest BCUT2D eigenvalue weighted by atomic mass is 9.44. The number of esters is 2. The van der Waals surface area contributed by atoms with Crippen LogP contribution in [0.15, 0.2) is 72.3 Å². The monoisotopic (exact) mass is 1010 g/mol. The third-order valence-corrected chi connectivity index (χ3v) is 17.2. The molecule has 17 nitrogen and oxygen atoms in total. The standard InChI is InChI=1S/C56H70N4O13/c1-9-44(63)73-56(23-21-40-38-25-30(4)41-26-33(61)20-22-54(41,7)45(38)43(62)27-55(40,56)8)47(64)52(69)72-51(68)46(29(2)3)59-49(66)42-19-14-24-60(42)50(67)32(6)57-48(65)31(5)58-53(70)71-28-39-36-17-12-10-15-34(36)35-16-11-13-18-37(35)39/h10-13,15-18,20,22,26,29-32,38-40,42-43,45-46,52,62,69H,9,14,19,21,23-25,27-28H2,1-8H3,(H,57,65)(H,58,70)(H,59,66)/t30-,31-,32-,38-,40-,42-,43-,45+,46-,52?,54-,55-,56-/m0/s1. The molecule has 4 fully saturated rings. The Morgan fingerprint density at radius 1 is 0.890 bits per heavy atom. The van der Waals surface area contributed by atoms with Gasteiger partial charge in [-0.25, -0.2) is 9.59 Å². The summed E-state index contributed by atoms with van der Waals surface area (Å²) in [5.41, 5.74) is 1.38. The zero-order valence-corrected chi connectivity index (χ0v) is 43.0. The first kappa shape index (κ1) is 53.1. The second-order valence-electron chi connectivity index (χ2n) is 21.9. The van der Waals surface area contributed by atoms with E-state index >= 15 is 0 Å². The van der Waals surface area contributed by atoms with E-state index in [1.54, 1.807) is 33.8 Å². The summed E-state index contributed by atoms with van der Waals surface area (Å²) >= 11 is 0. The molecule has 17 heteroatoms. The third kappa shape index (κ3) is 9.51. The fourth-order valence-electron chi connectivity index (χ4n) is 13.6. The predicted octanol–water partition coefficient (Wildman–Crippen LogP) is 5.20. The third-order valence-electron chi connectivity index (χ3n) is 17.2. The minimum Gasteiger partial charge on any atom is -0.450 e. The molecule has 0 radical (unpaired) electrons. The lowest BCUT2D eigenvalue weighted by molar-refractivity contribution is -0.215. The summed E-state index contributed by atoms with van der Waals surface area (Å²) in [5.74, 6) is -6.45. The normalized spacial score (nSPS) is 30.5. The Morgan fingerprint density at radius 3 is 2.19 bits per heavy atom. The first-order valence-corrected chi connectivity index (χ1v) is 25.9. The van der Waals surface area contributed by atoms with E-state index in [0.717, 1.165) is 27.8 Å². The van der Waals surface area contributed by atoms with Crippen LogP contribution in [0.3, 0.4) is 0 Å². The summed E-state index contributed by atoms with van der Waals surface area (Å²) in [6, 6.07) is 11.2. The number of ketones is 2. The number of aliphatic hydroxyl groups is 2. The average molecular weight is 1010 g/mol. The predicted molar refractivity (Wildman–Crippen MR) is 266 cm³/mol. The van der Waals surface area contributed by atoms with Crippen LogP contribution in [0.1, 0.15) is 117 Å². The molecule has 0 aromatic heterocycles. The molecule has 1 heterocycles. The van der Waals surface area contributed by atoms with Crippen LogP contribution in [0.5, 0.6) is 0 Å². The van der Waals surface area contributed by atoms with Crippen molar-refractivity contribution in [3.8, 4) is 11.1 Å². The van der Waals surface area contributed by atoms with Crippen molar-refractivity contribution in [1.82, 2.24) is 20.9 Å². The van der Waals surface area contributed by atoms with Gasteiger partial charge in [0.1, 0.15) is 30.8 Å². The number of ether oxygens (including phenoxy) is 3. The van der Waals surface area contributed by atoms with Crippen molar-refractivity contribution in [2.75, 3.05) is 13.2 Å². The molecular weight excluding hydrogens is 937 g/mol. The van der Waals surface area contributed by atoms with E-state index in [2.05, 4.69) is 16.0 Å². The average Bonchev–Trinajstić information content (AvgIpc) is 4.05. The molecule has 4 amide bonds. The number of amides is 4. The van der Waals surface area contributed by atoms with Gasteiger partial charge in [-0.1, -0.05) is 102 Å². The van der Waals surface area contributed by atoms with Gasteiger partial charge in [-0.3, -0.25) is 28.8 Å². The van der Waals surface area contributed by atoms with Crippen molar-refractivity contribution in [3.63, 3.8) is 0 Å². The number of aliphatic hydroxyl groups excluding tert-OH is 2. The van der Waals surface area contributed by atoms with Crippen molar-refractivity contribution in [2.45, 2.75) is 148 Å². The Labute approximate surface area is 426 Å². The molecule has 13 atom stereocenters. The maximum Gasteiger partial charge on any atom is 0.407 e. The first-order valence-electron chi connectivity index (χ1n) is 25.9. The largest absolute Gasteiger partial charge is 0.450 e. The molecule has 5 aliphatic carbocycles. The molecule has 1 aliphatic heterocycles. The van der Waals surface area contributed by atoms with Gasteiger partial charge in [-0.2, -0.15) is 0 Å². The molecule has 0 bridgehead atoms. The van der Waals surface area contributed by atoms with E-state index in [1.165, 1.54) is 24.8 Å². The van der Waals surface area contributed by atoms with Gasteiger partial charge in [-0.15, -0.1) is 0 Å². The van der Waals surface area contributed by atoms with Gasteiger partial charge in [0, 0.05) is 35.6 Å². The second-order valence-corrected chi connectivity index (χ2v) is 21.9. The zero-order chi connectivity index (χ0) is 52.9. The van der Waals surface area contributed by atoms with Crippen molar-refractivity contribution in [3.05, 3.63) is 83.5 Å². The van der Waals surface area contributed by atoms with Crippen LogP contribution in [0, 0.1) is 40.4 Å². The number of nitrogens with zero attached hydrogens (tertiary/aromatic N) is 1. The summed E-state index contributed by atoms with van der Waals surface area (Å²) in [5, 5.41) is 31.5. The van der Waals surface area contributed by atoms with E-state index in [0.29, 0.717) is 19.3 Å². The van der Waals surface area contributed by atoms with Crippen LogP contribution >= 0.6 is 0 Å². The van der Waals surface area contributed by atoms with Crippen LogP contribution in [-0.2, 0) is 47.8 Å². The van der Waals surface area contributed by atoms with Gasteiger partial charge >= 0.3 is 18.0 Å². The Bertz CT molecular complexity index is 2580. The van der Waals surface area contributed by atoms with E-state index in [4.69, 9.17) is 14.2 Å². The Morgan fingerprint density at radius 2 is 1.55 bits per heavy atom. The Hall–Kier alpha value is -6.20. The van der Waals surface area contributed by atoms with Crippen LogP contribution in [-0.4, -0.2) is 118 Å². The topological polar surface area (TPSA) is 244 Å². The molecular formula is C56H70N4O13. The van der Waals surface area contributed by atoms with Crippen molar-refractivity contribution in [1.29, 1.82) is 0 Å². The number of hydrogen-bond donors (Lipinski definition) is 5. The number of likely N-dealkylation sites (tertiary alicyclic amines) is 1. The summed E-state index contributed by atoms with van der Waals surface area (Å²) in [6.07, 6.45) is 2.52. The quantitative estimate of drug-likeness (QED) is 0.0877. The van der Waals surface area contributed by atoms with Crippen molar-refractivity contribution >= 4 is 47.3 Å². The number of benzene rings is 2. The highest BCUT2D eigenvalue weighted by Crippen LogP contribution is 2.69. The lowest BCUT2D eigenvalue weighted by Gasteiger charge is -2.61. The van der Waals surface area contributed by atoms with Crippen molar-refractivity contribution in [2.24, 2.45) is 40.4 Å². The van der Waals surface area contributed by atoms with Crippen LogP contribution in [0.4, 0.5) is 4.79 Å². The highest BCUT2D eigenvalue weighted by molar-refractivity contribution is 6.01. The van der Waals surface area contributed by atoms with Crippen LogP contribution in [0.25, 0.3) is 11.1 Å². The molecule has 1 unspecified atom stereocenters. The minimum absolute atomic E-state index is 0.00811. The Kier molecular flexibility index (Phi) is 15.0. The minimum atomic E-state index is -2.42. The van der Waals surface area contributed by atoms with E-state index in [9.17, 15) is 48.6 Å². The SMILES string of the molecule is CCC(=O)O[C@]1(C(=O)C(O)OC(=O)[C@@H](NC(=O)[C@@H]2CCCN2C(=O)[C@H](C)NC(=O)[C@H](C)NC(=O)OCC2c3ccccc3-c3ccccc32)C(C)C)CC[C@H]2[C@@H]3C[C@H](C)C4=CC(=O)C=C[C@]4(C)[C@H]3[C@@H](O)C[C@@]21C. The number of rotatable bonds is 15. The van der Waals surface area contributed by atoms with Gasteiger partial charge in [0.05, 0.1) is 6.10 Å². The number of alkyl carbamates (subject to hydrolysis) is 1. The molecule has 0 spiro atoms. The maximum absolute atomic E-state index is 14.8. The molecule has 2 aromatic carbocycles. The van der Waals surface area contributed by atoms with E-state index < -0.39 is 100 Å². The second kappa shape index (κ2) is 20.6. The highest BCUT2D eigenvalue weighted by atomic mass is 16.6. The summed E-state index contributed by atoms with van der Waals surface area (Å²) in [4.78, 5) is 110. The molecule has 5 N–H and O–H groups in total. The zero-order valence-electron chi connectivity index (χ0n) is 43.0. The first-order chi connectivity index (χ1) is 34.6. The Balaban J connectivity index is 0.879. The molecule has 392 valence electrons.